The van der Waals surface area contributed by atoms with E-state index in [1.54, 1.807) is 0 Å². The molecule has 1 aromatic heterocycles. The Hall–Kier alpha value is -0.830. The summed E-state index contributed by atoms with van der Waals surface area (Å²) in [7, 11) is 0. The molecule has 1 aromatic rings. The summed E-state index contributed by atoms with van der Waals surface area (Å²) in [5.74, 6) is 0. The predicted octanol–water partition coefficient (Wildman–Crippen LogP) is 2.44. The minimum absolute atomic E-state index is 0.559. The van der Waals surface area contributed by atoms with Crippen LogP contribution in [0.25, 0.3) is 0 Å². The van der Waals surface area contributed by atoms with Gasteiger partial charge in [0.1, 0.15) is 0 Å². The highest BCUT2D eigenvalue weighted by molar-refractivity contribution is 4.79. The van der Waals surface area contributed by atoms with E-state index in [0.717, 1.165) is 13.0 Å². The van der Waals surface area contributed by atoms with Gasteiger partial charge in [0.15, 0.2) is 0 Å². The Kier molecular flexibility index (Phi) is 5.40. The third-order valence-corrected chi connectivity index (χ3v) is 2.94. The molecule has 0 saturated heterocycles. The number of hydrogen-bond donors (Lipinski definition) is 1. The topological polar surface area (TPSA) is 29.9 Å². The maximum atomic E-state index is 4.06. The fourth-order valence-corrected chi connectivity index (χ4v) is 1.81. The number of aromatic nitrogens is 2. The predicted molar refractivity (Wildman–Crippen MR) is 63.8 cm³/mol. The maximum Gasteiger partial charge on any atom is 0.0946 e. The minimum atomic E-state index is 0.559. The van der Waals surface area contributed by atoms with E-state index in [1.807, 2.05) is 18.7 Å². The van der Waals surface area contributed by atoms with Gasteiger partial charge in [0.25, 0.3) is 0 Å². The van der Waals surface area contributed by atoms with Gasteiger partial charge in [-0.3, -0.25) is 0 Å². The molecule has 0 saturated carbocycles. The summed E-state index contributed by atoms with van der Waals surface area (Å²) in [5, 5.41) is 3.69. The average Bonchev–Trinajstić information content (AvgIpc) is 2.76. The van der Waals surface area contributed by atoms with Crippen molar-refractivity contribution < 1.29 is 0 Å². The fraction of sp³-hybridized carbons (Fsp3) is 0.750. The summed E-state index contributed by atoms with van der Waals surface area (Å²) < 4.78 is 2.14. The van der Waals surface area contributed by atoms with Gasteiger partial charge in [0.05, 0.1) is 6.33 Å². The lowest BCUT2D eigenvalue weighted by Gasteiger charge is -2.23. The van der Waals surface area contributed by atoms with Gasteiger partial charge in [-0.25, -0.2) is 4.98 Å². The molecule has 1 N–H and O–H groups in total. The lowest BCUT2D eigenvalue weighted by Crippen LogP contribution is -2.39. The monoisotopic (exact) mass is 209 g/mol. The van der Waals surface area contributed by atoms with E-state index in [9.17, 15) is 0 Å². The van der Waals surface area contributed by atoms with Gasteiger partial charge < -0.3 is 9.88 Å². The largest absolute Gasteiger partial charge is 0.336 e. The second kappa shape index (κ2) is 6.62. The van der Waals surface area contributed by atoms with Crippen LogP contribution >= 0.6 is 0 Å². The molecule has 86 valence electrons. The van der Waals surface area contributed by atoms with Crippen LogP contribution in [0.5, 0.6) is 0 Å². The highest BCUT2D eigenvalue weighted by Gasteiger charge is 2.11. The second-order valence-electron chi connectivity index (χ2n) is 4.04. The van der Waals surface area contributed by atoms with Crippen LogP contribution in [0.3, 0.4) is 0 Å². The van der Waals surface area contributed by atoms with Crippen molar-refractivity contribution in [2.45, 2.75) is 58.7 Å². The molecule has 0 aromatic carbocycles. The molecular weight excluding hydrogens is 186 g/mol. The Bertz CT molecular complexity index is 239. The van der Waals surface area contributed by atoms with Crippen molar-refractivity contribution in [3.63, 3.8) is 0 Å². The third-order valence-electron chi connectivity index (χ3n) is 2.94. The number of hydrogen-bond acceptors (Lipinski definition) is 2. The zero-order chi connectivity index (χ0) is 11.1. The van der Waals surface area contributed by atoms with Gasteiger partial charge in [-0.15, -0.1) is 0 Å². The molecule has 0 aliphatic carbocycles. The summed E-state index contributed by atoms with van der Waals surface area (Å²) in [6, 6.07) is 1.21. The van der Waals surface area contributed by atoms with Gasteiger partial charge in [0, 0.05) is 31.0 Å². The molecule has 3 nitrogen and oxygen atoms in total. The number of nitrogens with one attached hydrogen (secondary N) is 1. The molecule has 0 aliphatic heterocycles. The molecule has 1 heterocycles. The van der Waals surface area contributed by atoms with E-state index in [1.165, 1.54) is 12.8 Å². The molecule has 0 amide bonds. The SMILES string of the molecule is CCC(CC)NC(CC)Cn1ccnc1. The van der Waals surface area contributed by atoms with Crippen LogP contribution in [0, 0.1) is 0 Å². The van der Waals surface area contributed by atoms with Crippen molar-refractivity contribution in [3.8, 4) is 0 Å². The Morgan fingerprint density at radius 2 is 1.80 bits per heavy atom. The van der Waals surface area contributed by atoms with Gasteiger partial charge in [-0.2, -0.15) is 0 Å². The van der Waals surface area contributed by atoms with E-state index < -0.39 is 0 Å². The molecule has 15 heavy (non-hydrogen) atoms. The number of imidazole rings is 1. The average molecular weight is 209 g/mol. The second-order valence-corrected chi connectivity index (χ2v) is 4.04. The Morgan fingerprint density at radius 3 is 2.27 bits per heavy atom. The van der Waals surface area contributed by atoms with Crippen LogP contribution in [0.1, 0.15) is 40.0 Å². The molecule has 1 atom stereocenters. The number of nitrogens with zero attached hydrogens (tertiary/aromatic N) is 2. The van der Waals surface area contributed by atoms with Crippen molar-refractivity contribution in [1.82, 2.24) is 14.9 Å². The lowest BCUT2D eigenvalue weighted by atomic mass is 10.1. The molecule has 1 unspecified atom stereocenters. The summed E-state index contributed by atoms with van der Waals surface area (Å²) in [5.41, 5.74) is 0. The van der Waals surface area contributed by atoms with Crippen molar-refractivity contribution >= 4 is 0 Å². The smallest absolute Gasteiger partial charge is 0.0946 e. The number of rotatable bonds is 7. The Morgan fingerprint density at radius 1 is 1.13 bits per heavy atom. The zero-order valence-electron chi connectivity index (χ0n) is 10.1. The van der Waals surface area contributed by atoms with Crippen molar-refractivity contribution in [3.05, 3.63) is 18.7 Å². The van der Waals surface area contributed by atoms with Crippen LogP contribution in [0.15, 0.2) is 18.7 Å². The summed E-state index contributed by atoms with van der Waals surface area (Å²) in [6.45, 7) is 7.74. The quantitative estimate of drug-likeness (QED) is 0.747. The van der Waals surface area contributed by atoms with E-state index in [0.29, 0.717) is 12.1 Å². The van der Waals surface area contributed by atoms with Gasteiger partial charge in [-0.1, -0.05) is 20.8 Å². The van der Waals surface area contributed by atoms with E-state index in [2.05, 4.69) is 35.6 Å². The molecule has 0 bridgehead atoms. The molecule has 0 fully saturated rings. The molecule has 3 heteroatoms. The van der Waals surface area contributed by atoms with E-state index in [4.69, 9.17) is 0 Å². The van der Waals surface area contributed by atoms with Crippen LogP contribution in [0.4, 0.5) is 0 Å². The first kappa shape index (κ1) is 12.2. The third kappa shape index (κ3) is 4.04. The maximum absolute atomic E-state index is 4.06. The van der Waals surface area contributed by atoms with Crippen molar-refractivity contribution in [2.24, 2.45) is 0 Å². The van der Waals surface area contributed by atoms with Crippen LogP contribution in [-0.2, 0) is 6.54 Å². The van der Waals surface area contributed by atoms with E-state index in [-0.39, 0.29) is 0 Å². The van der Waals surface area contributed by atoms with Crippen molar-refractivity contribution in [1.29, 1.82) is 0 Å². The molecule has 0 spiro atoms. The van der Waals surface area contributed by atoms with E-state index >= 15 is 0 Å². The van der Waals surface area contributed by atoms with Gasteiger partial charge >= 0.3 is 0 Å². The van der Waals surface area contributed by atoms with Crippen LogP contribution in [-0.4, -0.2) is 21.6 Å². The molecular formula is C12H23N3. The fourth-order valence-electron chi connectivity index (χ4n) is 1.81. The van der Waals surface area contributed by atoms with Crippen LogP contribution in [0.2, 0.25) is 0 Å². The zero-order valence-corrected chi connectivity index (χ0v) is 10.1. The first-order valence-corrected chi connectivity index (χ1v) is 6.01. The lowest BCUT2D eigenvalue weighted by molar-refractivity contribution is 0.365. The van der Waals surface area contributed by atoms with Gasteiger partial charge in [-0.05, 0) is 19.3 Å². The van der Waals surface area contributed by atoms with Crippen LogP contribution < -0.4 is 5.32 Å². The van der Waals surface area contributed by atoms with Gasteiger partial charge in [0.2, 0.25) is 0 Å². The molecule has 0 aliphatic rings. The summed E-state index contributed by atoms with van der Waals surface area (Å²) in [4.78, 5) is 4.06. The first-order valence-electron chi connectivity index (χ1n) is 6.01. The minimum Gasteiger partial charge on any atom is -0.336 e. The highest BCUT2D eigenvalue weighted by Crippen LogP contribution is 2.03. The Balaban J connectivity index is 2.42. The molecule has 0 radical (unpaired) electrons. The normalized spacial score (nSPS) is 13.3. The summed E-state index contributed by atoms with van der Waals surface area (Å²) in [6.07, 6.45) is 9.32. The Labute approximate surface area is 92.9 Å². The molecule has 1 rings (SSSR count). The first-order chi connectivity index (χ1) is 7.30. The standard InChI is InChI=1S/C12H23N3/c1-4-11(5-2)14-12(6-3)9-15-8-7-13-10-15/h7-8,10-12,14H,4-6,9H2,1-3H3. The van der Waals surface area contributed by atoms with Crippen molar-refractivity contribution in [2.75, 3.05) is 0 Å². The highest BCUT2D eigenvalue weighted by atomic mass is 15.1. The summed E-state index contributed by atoms with van der Waals surface area (Å²) >= 11 is 0.